The van der Waals surface area contributed by atoms with Crippen LogP contribution in [-0.4, -0.2) is 20.3 Å². The first-order valence-electron chi connectivity index (χ1n) is 12.3. The fourth-order valence-electron chi connectivity index (χ4n) is 5.34. The van der Waals surface area contributed by atoms with Gasteiger partial charge in [0.1, 0.15) is 11.5 Å². The van der Waals surface area contributed by atoms with Crippen molar-refractivity contribution in [3.63, 3.8) is 0 Å². The molecule has 1 aliphatic rings. The Hall–Kier alpha value is -4.52. The van der Waals surface area contributed by atoms with E-state index in [0.717, 1.165) is 39.5 Å². The van der Waals surface area contributed by atoms with Crippen molar-refractivity contribution in [3.8, 4) is 28.4 Å². The first-order valence-corrected chi connectivity index (χ1v) is 12.3. The molecule has 0 saturated heterocycles. The molecule has 0 unspecified atom stereocenters. The van der Waals surface area contributed by atoms with E-state index in [9.17, 15) is 9.59 Å². The Kier molecular flexibility index (Phi) is 5.30. The highest BCUT2D eigenvalue weighted by Crippen LogP contribution is 2.47. The number of benzene rings is 3. The van der Waals surface area contributed by atoms with E-state index in [1.54, 1.807) is 11.6 Å². The number of nitrogens with zero attached hydrogens (tertiary/aromatic N) is 3. The maximum atomic E-state index is 13.8. The predicted octanol–water partition coefficient (Wildman–Crippen LogP) is 4.88. The number of para-hydroxylation sites is 2. The molecule has 7 nitrogen and oxygen atoms in total. The molecular weight excluding hydrogens is 466 g/mol. The second-order valence-electron chi connectivity index (χ2n) is 9.28. The van der Waals surface area contributed by atoms with Gasteiger partial charge in [-0.3, -0.25) is 13.9 Å². The van der Waals surface area contributed by atoms with E-state index in [0.29, 0.717) is 23.3 Å². The lowest BCUT2D eigenvalue weighted by Crippen LogP contribution is -2.37. The molecule has 0 N–H and O–H groups in total. The fraction of sp³-hybridized carbons (Fsp3) is 0.200. The standard InChI is InChI=1S/C30H27N3O4/c1-5-36-20-16-14-19(15-17-20)28-27-26-24(29(34)32(4)30(35)31(26)3)25(21-11-7-6-10-18(21)2)33(27)22-12-8-9-13-23(22)37-28/h6-17,28H,5H2,1-4H3/t28-/m1/s1. The van der Waals surface area contributed by atoms with E-state index in [2.05, 4.69) is 4.57 Å². The van der Waals surface area contributed by atoms with Gasteiger partial charge in [0, 0.05) is 19.7 Å². The van der Waals surface area contributed by atoms with E-state index < -0.39 is 6.10 Å². The second kappa shape index (κ2) is 8.55. The highest BCUT2D eigenvalue weighted by atomic mass is 16.5. The van der Waals surface area contributed by atoms with Crippen molar-refractivity contribution in [1.29, 1.82) is 0 Å². The monoisotopic (exact) mass is 493 g/mol. The molecule has 0 spiro atoms. The summed E-state index contributed by atoms with van der Waals surface area (Å²) >= 11 is 0. The molecule has 1 aliphatic heterocycles. The summed E-state index contributed by atoms with van der Waals surface area (Å²) in [6.45, 7) is 4.55. The average molecular weight is 494 g/mol. The van der Waals surface area contributed by atoms with Gasteiger partial charge in [-0.25, -0.2) is 4.79 Å². The second-order valence-corrected chi connectivity index (χ2v) is 9.28. The number of aromatic nitrogens is 3. The number of fused-ring (bicyclic) bond motifs is 5. The summed E-state index contributed by atoms with van der Waals surface area (Å²) < 4.78 is 17.1. The molecule has 0 aliphatic carbocycles. The van der Waals surface area contributed by atoms with Crippen LogP contribution in [0.2, 0.25) is 0 Å². The molecule has 0 amide bonds. The van der Waals surface area contributed by atoms with Gasteiger partial charge in [-0.15, -0.1) is 0 Å². The zero-order chi connectivity index (χ0) is 25.8. The van der Waals surface area contributed by atoms with Crippen molar-refractivity contribution in [2.75, 3.05) is 6.61 Å². The molecule has 0 radical (unpaired) electrons. The van der Waals surface area contributed by atoms with Crippen LogP contribution in [0.15, 0.2) is 82.4 Å². The molecule has 0 saturated carbocycles. The summed E-state index contributed by atoms with van der Waals surface area (Å²) in [5.41, 5.74) is 5.03. The van der Waals surface area contributed by atoms with Crippen LogP contribution in [-0.2, 0) is 14.1 Å². The van der Waals surface area contributed by atoms with Gasteiger partial charge in [-0.05, 0) is 49.2 Å². The van der Waals surface area contributed by atoms with Crippen molar-refractivity contribution >= 4 is 10.9 Å². The van der Waals surface area contributed by atoms with Gasteiger partial charge in [0.2, 0.25) is 0 Å². The quantitative estimate of drug-likeness (QED) is 0.358. The van der Waals surface area contributed by atoms with Gasteiger partial charge in [-0.1, -0.05) is 48.5 Å². The van der Waals surface area contributed by atoms with E-state index in [4.69, 9.17) is 9.47 Å². The van der Waals surface area contributed by atoms with E-state index in [1.807, 2.05) is 86.6 Å². The SMILES string of the molecule is CCOc1ccc([C@H]2Oc3ccccc3-n3c(-c4ccccc4C)c4c(=O)n(C)c(=O)n(C)c4c32)cc1. The minimum atomic E-state index is -0.552. The van der Waals surface area contributed by atoms with Crippen LogP contribution in [0.5, 0.6) is 11.5 Å². The van der Waals surface area contributed by atoms with Crippen LogP contribution >= 0.6 is 0 Å². The summed E-state index contributed by atoms with van der Waals surface area (Å²) in [6.07, 6.45) is -0.552. The van der Waals surface area contributed by atoms with Crippen LogP contribution in [0.4, 0.5) is 0 Å². The summed E-state index contributed by atoms with van der Waals surface area (Å²) in [7, 11) is 3.24. The summed E-state index contributed by atoms with van der Waals surface area (Å²) in [6, 6.07) is 23.6. The van der Waals surface area contributed by atoms with Gasteiger partial charge < -0.3 is 14.0 Å². The molecule has 6 rings (SSSR count). The fourth-order valence-corrected chi connectivity index (χ4v) is 5.34. The Morgan fingerprint density at radius 1 is 0.892 bits per heavy atom. The van der Waals surface area contributed by atoms with Gasteiger partial charge >= 0.3 is 5.69 Å². The van der Waals surface area contributed by atoms with Crippen molar-refractivity contribution in [3.05, 3.63) is 110 Å². The van der Waals surface area contributed by atoms with Crippen LogP contribution in [0.25, 0.3) is 27.8 Å². The van der Waals surface area contributed by atoms with E-state index in [-0.39, 0.29) is 11.2 Å². The number of aryl methyl sites for hydroxylation is 2. The largest absolute Gasteiger partial charge is 0.494 e. The lowest BCUT2D eigenvalue weighted by molar-refractivity contribution is 0.229. The topological polar surface area (TPSA) is 67.4 Å². The van der Waals surface area contributed by atoms with E-state index in [1.165, 1.54) is 11.6 Å². The molecular formula is C30H27N3O4. The predicted molar refractivity (Wildman–Crippen MR) is 144 cm³/mol. The molecule has 1 atom stereocenters. The van der Waals surface area contributed by atoms with Crippen molar-refractivity contribution in [2.24, 2.45) is 14.1 Å². The highest BCUT2D eigenvalue weighted by molar-refractivity contribution is 5.98. The molecule has 3 heterocycles. The van der Waals surface area contributed by atoms with Crippen LogP contribution in [0.1, 0.15) is 29.8 Å². The van der Waals surface area contributed by atoms with Gasteiger partial charge in [-0.2, -0.15) is 0 Å². The third-order valence-electron chi connectivity index (χ3n) is 7.10. The van der Waals surface area contributed by atoms with Gasteiger partial charge in [0.15, 0.2) is 6.10 Å². The summed E-state index contributed by atoms with van der Waals surface area (Å²) in [4.78, 5) is 26.9. The number of hydrogen-bond acceptors (Lipinski definition) is 4. The number of rotatable bonds is 4. The number of ether oxygens (including phenoxy) is 2. The highest BCUT2D eigenvalue weighted by Gasteiger charge is 2.36. The van der Waals surface area contributed by atoms with Gasteiger partial charge in [0.05, 0.1) is 34.6 Å². The molecule has 2 aromatic heterocycles. The third-order valence-corrected chi connectivity index (χ3v) is 7.10. The maximum absolute atomic E-state index is 13.8. The maximum Gasteiger partial charge on any atom is 0.331 e. The number of hydrogen-bond donors (Lipinski definition) is 0. The Bertz CT molecular complexity index is 1790. The molecule has 5 aromatic rings. The molecule has 186 valence electrons. The first-order chi connectivity index (χ1) is 17.9. The minimum Gasteiger partial charge on any atom is -0.494 e. The van der Waals surface area contributed by atoms with Crippen LogP contribution < -0.4 is 20.7 Å². The van der Waals surface area contributed by atoms with Crippen molar-refractivity contribution < 1.29 is 9.47 Å². The lowest BCUT2D eigenvalue weighted by Gasteiger charge is -2.30. The Morgan fingerprint density at radius 2 is 1.59 bits per heavy atom. The average Bonchev–Trinajstić information content (AvgIpc) is 3.27. The summed E-state index contributed by atoms with van der Waals surface area (Å²) in [5.74, 6) is 1.47. The van der Waals surface area contributed by atoms with Gasteiger partial charge in [0.25, 0.3) is 5.56 Å². The first kappa shape index (κ1) is 22.9. The molecule has 3 aromatic carbocycles. The molecule has 7 heteroatoms. The zero-order valence-corrected chi connectivity index (χ0v) is 21.2. The smallest absolute Gasteiger partial charge is 0.331 e. The zero-order valence-electron chi connectivity index (χ0n) is 21.2. The molecule has 0 bridgehead atoms. The van der Waals surface area contributed by atoms with Crippen molar-refractivity contribution in [1.82, 2.24) is 13.7 Å². The van der Waals surface area contributed by atoms with Crippen molar-refractivity contribution in [2.45, 2.75) is 20.0 Å². The third kappa shape index (κ3) is 3.34. The molecule has 37 heavy (non-hydrogen) atoms. The Labute approximate surface area is 213 Å². The summed E-state index contributed by atoms with van der Waals surface area (Å²) in [5, 5.41) is 0.491. The minimum absolute atomic E-state index is 0.332. The van der Waals surface area contributed by atoms with Crippen LogP contribution in [0.3, 0.4) is 0 Å². The Balaban J connectivity index is 1.80. The normalized spacial score (nSPS) is 14.2. The lowest BCUT2D eigenvalue weighted by atomic mass is 10.0. The Morgan fingerprint density at radius 3 is 2.32 bits per heavy atom. The van der Waals surface area contributed by atoms with Crippen LogP contribution in [0, 0.1) is 6.92 Å². The molecule has 0 fully saturated rings. The van der Waals surface area contributed by atoms with E-state index >= 15 is 0 Å².